The van der Waals surface area contributed by atoms with E-state index in [0.29, 0.717) is 5.92 Å². The first-order valence-corrected chi connectivity index (χ1v) is 10.7. The Hall–Kier alpha value is -2.40. The standard InChI is InChI=1S/C23H27N3OS/c1-15-9-10-19-16(13-15)14-20(28-19)22(27)25-24-12-11-21-23(2,3)17-7-5-6-8-18(17)26(21)4/h5-8,11-12,14-15H,9-10,13H2,1-4H3,(H,25,27)/b21-11-,24-12+. The second-order valence-electron chi connectivity index (χ2n) is 8.38. The summed E-state index contributed by atoms with van der Waals surface area (Å²) < 4.78 is 0. The van der Waals surface area contributed by atoms with Crippen molar-refractivity contribution in [2.45, 2.75) is 45.4 Å². The zero-order chi connectivity index (χ0) is 19.9. The molecule has 146 valence electrons. The average Bonchev–Trinajstić information content (AvgIpc) is 3.17. The molecule has 1 aromatic carbocycles. The van der Waals surface area contributed by atoms with Crippen LogP contribution in [0.15, 0.2) is 47.2 Å². The van der Waals surface area contributed by atoms with E-state index in [1.807, 2.05) is 12.1 Å². The lowest BCUT2D eigenvalue weighted by Crippen LogP contribution is -2.23. The highest BCUT2D eigenvalue weighted by Crippen LogP contribution is 2.46. The molecule has 1 aliphatic heterocycles. The molecule has 0 spiro atoms. The lowest BCUT2D eigenvalue weighted by Gasteiger charge is -2.23. The molecule has 4 nitrogen and oxygen atoms in total. The van der Waals surface area contributed by atoms with Gasteiger partial charge in [-0.1, -0.05) is 39.0 Å². The van der Waals surface area contributed by atoms with Crippen LogP contribution in [-0.2, 0) is 18.3 Å². The van der Waals surface area contributed by atoms with Crippen molar-refractivity contribution in [3.8, 4) is 0 Å². The summed E-state index contributed by atoms with van der Waals surface area (Å²) in [5, 5.41) is 4.17. The SMILES string of the molecule is CC1CCc2sc(C(=O)N/N=C/C=C3\N(C)c4ccccc4C3(C)C)cc2C1. The predicted molar refractivity (Wildman–Crippen MR) is 117 cm³/mol. The molecule has 2 aliphatic rings. The molecule has 1 N–H and O–H groups in total. The van der Waals surface area contributed by atoms with Crippen LogP contribution in [0.25, 0.3) is 0 Å². The van der Waals surface area contributed by atoms with Gasteiger partial charge in [0.2, 0.25) is 0 Å². The van der Waals surface area contributed by atoms with Gasteiger partial charge in [-0.15, -0.1) is 11.3 Å². The number of likely N-dealkylation sites (N-methyl/N-ethyl adjacent to an activating group) is 1. The van der Waals surface area contributed by atoms with Gasteiger partial charge < -0.3 is 4.90 Å². The maximum absolute atomic E-state index is 12.5. The molecule has 1 aliphatic carbocycles. The van der Waals surface area contributed by atoms with Crippen LogP contribution in [0.1, 0.15) is 52.9 Å². The fourth-order valence-electron chi connectivity index (χ4n) is 4.38. The molecule has 1 aromatic heterocycles. The molecule has 28 heavy (non-hydrogen) atoms. The van der Waals surface area contributed by atoms with Crippen molar-refractivity contribution < 1.29 is 4.79 Å². The lowest BCUT2D eigenvalue weighted by atomic mass is 9.84. The number of rotatable bonds is 3. The Bertz CT molecular complexity index is 970. The van der Waals surface area contributed by atoms with Gasteiger partial charge in [-0.2, -0.15) is 5.10 Å². The Kier molecular flexibility index (Phi) is 4.88. The van der Waals surface area contributed by atoms with E-state index < -0.39 is 0 Å². The van der Waals surface area contributed by atoms with Gasteiger partial charge in [0.15, 0.2) is 0 Å². The fourth-order valence-corrected chi connectivity index (χ4v) is 5.48. The second-order valence-corrected chi connectivity index (χ2v) is 9.52. The number of hydrogen-bond donors (Lipinski definition) is 1. The van der Waals surface area contributed by atoms with Gasteiger partial charge >= 0.3 is 0 Å². The summed E-state index contributed by atoms with van der Waals surface area (Å²) in [4.78, 5) is 16.8. The highest BCUT2D eigenvalue weighted by Gasteiger charge is 2.37. The molecule has 1 unspecified atom stereocenters. The number of hydrazone groups is 1. The Morgan fingerprint density at radius 1 is 1.36 bits per heavy atom. The van der Waals surface area contributed by atoms with Crippen molar-refractivity contribution in [2.75, 3.05) is 11.9 Å². The number of anilines is 1. The topological polar surface area (TPSA) is 44.7 Å². The Morgan fingerprint density at radius 3 is 2.93 bits per heavy atom. The fraction of sp³-hybridized carbons (Fsp3) is 0.391. The van der Waals surface area contributed by atoms with Crippen LogP contribution in [0.5, 0.6) is 0 Å². The molecule has 0 saturated heterocycles. The number of hydrogen-bond acceptors (Lipinski definition) is 4. The summed E-state index contributed by atoms with van der Waals surface area (Å²) in [6, 6.07) is 10.5. The molecule has 0 radical (unpaired) electrons. The van der Waals surface area contributed by atoms with E-state index in [0.717, 1.165) is 23.4 Å². The van der Waals surface area contributed by atoms with Crippen molar-refractivity contribution in [1.82, 2.24) is 5.43 Å². The number of allylic oxidation sites excluding steroid dienone is 2. The molecule has 5 heteroatoms. The summed E-state index contributed by atoms with van der Waals surface area (Å²) in [6.07, 6.45) is 7.06. The number of aryl methyl sites for hydroxylation is 1. The minimum Gasteiger partial charge on any atom is -0.347 e. The zero-order valence-corrected chi connectivity index (χ0v) is 17.8. The maximum Gasteiger partial charge on any atom is 0.281 e. The number of nitrogens with one attached hydrogen (secondary N) is 1. The van der Waals surface area contributed by atoms with Gasteiger partial charge in [0.25, 0.3) is 5.91 Å². The number of carbonyl (C=O) groups is 1. The van der Waals surface area contributed by atoms with Crippen molar-refractivity contribution in [3.63, 3.8) is 0 Å². The van der Waals surface area contributed by atoms with E-state index in [1.165, 1.54) is 28.1 Å². The number of carbonyl (C=O) groups excluding carboxylic acids is 1. The first-order chi connectivity index (χ1) is 13.4. The number of nitrogens with zero attached hydrogens (tertiary/aromatic N) is 2. The third kappa shape index (κ3) is 3.28. The first-order valence-electron chi connectivity index (χ1n) is 9.87. The Labute approximate surface area is 171 Å². The van der Waals surface area contributed by atoms with Gasteiger partial charge in [-0.25, -0.2) is 5.43 Å². The average molecular weight is 394 g/mol. The highest BCUT2D eigenvalue weighted by atomic mass is 32.1. The number of thiophene rings is 1. The number of amides is 1. The van der Waals surface area contributed by atoms with E-state index in [9.17, 15) is 4.79 Å². The molecule has 1 atom stereocenters. The van der Waals surface area contributed by atoms with Crippen molar-refractivity contribution in [1.29, 1.82) is 0 Å². The first kappa shape index (κ1) is 18.9. The minimum atomic E-state index is -0.121. The van der Waals surface area contributed by atoms with Gasteiger partial charge in [-0.05, 0) is 54.5 Å². The normalized spacial score (nSPS) is 21.8. The van der Waals surface area contributed by atoms with Gasteiger partial charge in [-0.3, -0.25) is 4.79 Å². The highest BCUT2D eigenvalue weighted by molar-refractivity contribution is 7.14. The summed E-state index contributed by atoms with van der Waals surface area (Å²) in [5.41, 5.74) is 7.61. The van der Waals surface area contributed by atoms with Gasteiger partial charge in [0.1, 0.15) is 0 Å². The van der Waals surface area contributed by atoms with Crippen LogP contribution < -0.4 is 10.3 Å². The van der Waals surface area contributed by atoms with E-state index in [1.54, 1.807) is 17.6 Å². The summed E-state index contributed by atoms with van der Waals surface area (Å²) in [5.74, 6) is 0.586. The largest absolute Gasteiger partial charge is 0.347 e. The Morgan fingerprint density at radius 2 is 2.14 bits per heavy atom. The zero-order valence-electron chi connectivity index (χ0n) is 17.0. The molecule has 4 rings (SSSR count). The number of para-hydroxylation sites is 1. The smallest absolute Gasteiger partial charge is 0.281 e. The third-order valence-corrected chi connectivity index (χ3v) is 7.20. The predicted octanol–water partition coefficient (Wildman–Crippen LogP) is 4.90. The summed E-state index contributed by atoms with van der Waals surface area (Å²) in [6.45, 7) is 6.70. The van der Waals surface area contributed by atoms with E-state index >= 15 is 0 Å². The molecular weight excluding hydrogens is 366 g/mol. The molecule has 1 amide bonds. The summed E-state index contributed by atoms with van der Waals surface area (Å²) in [7, 11) is 2.07. The van der Waals surface area contributed by atoms with Crippen LogP contribution in [0.4, 0.5) is 5.69 Å². The van der Waals surface area contributed by atoms with E-state index in [4.69, 9.17) is 0 Å². The van der Waals surface area contributed by atoms with Crippen LogP contribution in [0.2, 0.25) is 0 Å². The molecule has 0 fully saturated rings. The molecule has 2 heterocycles. The van der Waals surface area contributed by atoms with Crippen LogP contribution in [0, 0.1) is 5.92 Å². The number of benzene rings is 1. The van der Waals surface area contributed by atoms with Crippen molar-refractivity contribution in [2.24, 2.45) is 11.0 Å². The monoisotopic (exact) mass is 393 g/mol. The van der Waals surface area contributed by atoms with E-state index in [-0.39, 0.29) is 11.3 Å². The quantitative estimate of drug-likeness (QED) is 0.595. The minimum absolute atomic E-state index is 0.0924. The second kappa shape index (κ2) is 7.21. The maximum atomic E-state index is 12.5. The third-order valence-electron chi connectivity index (χ3n) is 5.97. The molecule has 0 bridgehead atoms. The van der Waals surface area contributed by atoms with Gasteiger partial charge in [0.05, 0.1) is 4.88 Å². The van der Waals surface area contributed by atoms with Crippen molar-refractivity contribution >= 4 is 29.1 Å². The summed E-state index contributed by atoms with van der Waals surface area (Å²) >= 11 is 1.61. The molecular formula is C23H27N3OS. The molecule has 0 saturated carbocycles. The van der Waals surface area contributed by atoms with Crippen molar-refractivity contribution in [3.05, 3.63) is 63.0 Å². The van der Waals surface area contributed by atoms with E-state index in [2.05, 4.69) is 67.5 Å². The van der Waals surface area contributed by atoms with Gasteiger partial charge in [0, 0.05) is 34.9 Å². The van der Waals surface area contributed by atoms with Crippen LogP contribution >= 0.6 is 11.3 Å². The van der Waals surface area contributed by atoms with Crippen LogP contribution in [-0.4, -0.2) is 19.2 Å². The number of fused-ring (bicyclic) bond motifs is 2. The van der Waals surface area contributed by atoms with Crippen LogP contribution in [0.3, 0.4) is 0 Å². The Balaban J connectivity index is 1.45. The molecule has 2 aromatic rings. The lowest BCUT2D eigenvalue weighted by molar-refractivity contribution is 0.0959.